The summed E-state index contributed by atoms with van der Waals surface area (Å²) in [5.74, 6) is 0.329. The maximum absolute atomic E-state index is 12.5. The van der Waals surface area contributed by atoms with Crippen molar-refractivity contribution in [2.45, 2.75) is 50.7 Å². The highest BCUT2D eigenvalue weighted by atomic mass is 32.1. The van der Waals surface area contributed by atoms with Crippen LogP contribution in [0.3, 0.4) is 0 Å². The van der Waals surface area contributed by atoms with Gasteiger partial charge < -0.3 is 4.90 Å². The second-order valence-electron chi connectivity index (χ2n) is 5.39. The Kier molecular flexibility index (Phi) is 3.16. The van der Waals surface area contributed by atoms with Crippen molar-refractivity contribution in [1.29, 1.82) is 0 Å². The fourth-order valence-electron chi connectivity index (χ4n) is 2.73. The van der Waals surface area contributed by atoms with Crippen molar-refractivity contribution in [2.24, 2.45) is 0 Å². The molecule has 1 spiro atoms. The second-order valence-corrected chi connectivity index (χ2v) is 6.17. The minimum atomic E-state index is -0.196. The Labute approximate surface area is 112 Å². The average Bonchev–Trinajstić information content (AvgIpc) is 2.85. The van der Waals surface area contributed by atoms with Gasteiger partial charge in [-0.2, -0.15) is 11.3 Å². The van der Waals surface area contributed by atoms with Gasteiger partial charge in [-0.15, -0.1) is 0 Å². The Morgan fingerprint density at radius 2 is 2.33 bits per heavy atom. The number of rotatable bonds is 5. The second kappa shape index (κ2) is 4.67. The zero-order valence-corrected chi connectivity index (χ0v) is 11.6. The highest BCUT2D eigenvalue weighted by molar-refractivity contribution is 7.07. The Balaban J connectivity index is 1.76. The van der Waals surface area contributed by atoms with E-state index in [1.54, 1.807) is 11.3 Å². The Bertz CT molecular complexity index is 425. The molecule has 1 aromatic heterocycles. The molecule has 3 nitrogen and oxygen atoms in total. The van der Waals surface area contributed by atoms with Gasteiger partial charge in [-0.05, 0) is 41.7 Å². The summed E-state index contributed by atoms with van der Waals surface area (Å²) < 4.78 is 0. The number of thiophene rings is 1. The van der Waals surface area contributed by atoms with E-state index < -0.39 is 0 Å². The standard InChI is InChI=1S/C14H20N2OS/c1-2-3-4-8-16-12(11-5-9-18-10-11)15-14(6-7-14)13(16)17/h5,9-10,12,15H,2-4,6-8H2,1H3. The van der Waals surface area contributed by atoms with E-state index in [9.17, 15) is 4.79 Å². The molecule has 0 aromatic carbocycles. The molecule has 4 heteroatoms. The summed E-state index contributed by atoms with van der Waals surface area (Å²) in [5, 5.41) is 7.79. The minimum absolute atomic E-state index is 0.114. The third kappa shape index (κ3) is 1.97. The van der Waals surface area contributed by atoms with Crippen LogP contribution in [-0.4, -0.2) is 22.9 Å². The van der Waals surface area contributed by atoms with Crippen LogP contribution < -0.4 is 5.32 Å². The Hall–Kier alpha value is -0.870. The van der Waals surface area contributed by atoms with E-state index in [-0.39, 0.29) is 11.7 Å². The van der Waals surface area contributed by atoms with Crippen molar-refractivity contribution in [2.75, 3.05) is 6.54 Å². The lowest BCUT2D eigenvalue weighted by Gasteiger charge is -2.23. The van der Waals surface area contributed by atoms with Crippen molar-refractivity contribution in [3.63, 3.8) is 0 Å². The number of nitrogens with one attached hydrogen (secondary N) is 1. The van der Waals surface area contributed by atoms with Gasteiger partial charge in [-0.3, -0.25) is 10.1 Å². The third-order valence-corrected chi connectivity index (χ3v) is 4.71. The summed E-state index contributed by atoms with van der Waals surface area (Å²) in [5.41, 5.74) is 1.05. The number of unbranched alkanes of at least 4 members (excludes halogenated alkanes) is 2. The van der Waals surface area contributed by atoms with Gasteiger partial charge in [0.25, 0.3) is 0 Å². The molecule has 98 valence electrons. The SMILES string of the molecule is CCCCCN1C(=O)C2(CC2)NC1c1ccsc1. The maximum Gasteiger partial charge on any atom is 0.244 e. The molecule has 1 N–H and O–H groups in total. The fraction of sp³-hybridized carbons (Fsp3) is 0.643. The van der Waals surface area contributed by atoms with Crippen molar-refractivity contribution in [1.82, 2.24) is 10.2 Å². The lowest BCUT2D eigenvalue weighted by Crippen LogP contribution is -2.32. The minimum Gasteiger partial charge on any atom is -0.321 e. The Morgan fingerprint density at radius 1 is 1.50 bits per heavy atom. The van der Waals surface area contributed by atoms with Crippen LogP contribution in [0.15, 0.2) is 16.8 Å². The van der Waals surface area contributed by atoms with E-state index in [1.807, 2.05) is 0 Å². The molecule has 1 saturated carbocycles. The van der Waals surface area contributed by atoms with Gasteiger partial charge in [0, 0.05) is 6.54 Å². The molecule has 3 rings (SSSR count). The van der Waals surface area contributed by atoms with E-state index in [0.717, 1.165) is 25.8 Å². The molecule has 1 aliphatic heterocycles. The predicted molar refractivity (Wildman–Crippen MR) is 73.4 cm³/mol. The van der Waals surface area contributed by atoms with E-state index >= 15 is 0 Å². The summed E-state index contributed by atoms with van der Waals surface area (Å²) in [6.07, 6.45) is 5.65. The number of hydrogen-bond donors (Lipinski definition) is 1. The average molecular weight is 264 g/mol. The van der Waals surface area contributed by atoms with Crippen LogP contribution in [0.4, 0.5) is 0 Å². The van der Waals surface area contributed by atoms with Crippen molar-refractivity contribution < 1.29 is 4.79 Å². The Morgan fingerprint density at radius 3 is 2.94 bits per heavy atom. The number of nitrogens with zero attached hydrogens (tertiary/aromatic N) is 1. The number of hydrogen-bond acceptors (Lipinski definition) is 3. The number of carbonyl (C=O) groups is 1. The molecule has 1 unspecified atom stereocenters. The third-order valence-electron chi connectivity index (χ3n) is 4.01. The van der Waals surface area contributed by atoms with Crippen LogP contribution in [0.25, 0.3) is 0 Å². The maximum atomic E-state index is 12.5. The van der Waals surface area contributed by atoms with Crippen LogP contribution in [0.2, 0.25) is 0 Å². The van der Waals surface area contributed by atoms with Crippen LogP contribution in [0.1, 0.15) is 50.8 Å². The smallest absolute Gasteiger partial charge is 0.244 e. The van der Waals surface area contributed by atoms with Gasteiger partial charge in [0.05, 0.1) is 0 Å². The first kappa shape index (κ1) is 12.2. The summed E-state index contributed by atoms with van der Waals surface area (Å²) in [4.78, 5) is 14.5. The van der Waals surface area contributed by atoms with Crippen LogP contribution in [0.5, 0.6) is 0 Å². The molecule has 1 amide bonds. The molecule has 2 aliphatic rings. The largest absolute Gasteiger partial charge is 0.321 e. The summed E-state index contributed by atoms with van der Waals surface area (Å²) >= 11 is 1.70. The van der Waals surface area contributed by atoms with E-state index in [1.165, 1.54) is 18.4 Å². The first-order valence-corrected chi connectivity index (χ1v) is 7.82. The van der Waals surface area contributed by atoms with Crippen molar-refractivity contribution in [3.8, 4) is 0 Å². The molecular formula is C14H20N2OS. The first-order valence-electron chi connectivity index (χ1n) is 6.88. The van der Waals surface area contributed by atoms with Gasteiger partial charge >= 0.3 is 0 Å². The topological polar surface area (TPSA) is 32.3 Å². The van der Waals surface area contributed by atoms with Crippen LogP contribution in [-0.2, 0) is 4.79 Å². The quantitative estimate of drug-likeness (QED) is 0.829. The van der Waals surface area contributed by atoms with E-state index in [2.05, 4.69) is 34.0 Å². The summed E-state index contributed by atoms with van der Waals surface area (Å²) in [6, 6.07) is 2.13. The molecule has 1 aliphatic carbocycles. The summed E-state index contributed by atoms with van der Waals surface area (Å²) in [7, 11) is 0. The molecule has 1 saturated heterocycles. The van der Waals surface area contributed by atoms with Crippen LogP contribution in [0, 0.1) is 0 Å². The zero-order chi connectivity index (χ0) is 12.6. The van der Waals surface area contributed by atoms with Gasteiger partial charge in [0.15, 0.2) is 0 Å². The molecule has 2 heterocycles. The fourth-order valence-corrected chi connectivity index (χ4v) is 3.41. The van der Waals surface area contributed by atoms with Gasteiger partial charge in [0.2, 0.25) is 5.91 Å². The van der Waals surface area contributed by atoms with Crippen molar-refractivity contribution >= 4 is 17.2 Å². The predicted octanol–water partition coefficient (Wildman–Crippen LogP) is 2.90. The van der Waals surface area contributed by atoms with Crippen molar-refractivity contribution in [3.05, 3.63) is 22.4 Å². The van der Waals surface area contributed by atoms with E-state index in [0.29, 0.717) is 5.91 Å². The van der Waals surface area contributed by atoms with E-state index in [4.69, 9.17) is 0 Å². The molecular weight excluding hydrogens is 244 g/mol. The van der Waals surface area contributed by atoms with Crippen LogP contribution >= 0.6 is 11.3 Å². The van der Waals surface area contributed by atoms with Gasteiger partial charge in [-0.25, -0.2) is 0 Å². The lowest BCUT2D eigenvalue weighted by molar-refractivity contribution is -0.130. The normalized spacial score (nSPS) is 25.1. The molecule has 2 fully saturated rings. The molecule has 18 heavy (non-hydrogen) atoms. The number of carbonyl (C=O) groups excluding carboxylic acids is 1. The number of amides is 1. The molecule has 0 radical (unpaired) electrons. The lowest BCUT2D eigenvalue weighted by atomic mass is 10.2. The molecule has 1 aromatic rings. The zero-order valence-electron chi connectivity index (χ0n) is 10.8. The van der Waals surface area contributed by atoms with Gasteiger partial charge in [-0.1, -0.05) is 19.8 Å². The molecule has 0 bridgehead atoms. The molecule has 1 atom stereocenters. The first-order chi connectivity index (χ1) is 8.77. The van der Waals surface area contributed by atoms with Gasteiger partial charge in [0.1, 0.15) is 11.7 Å². The highest BCUT2D eigenvalue weighted by Crippen LogP contribution is 2.46. The highest BCUT2D eigenvalue weighted by Gasteiger charge is 2.59. The monoisotopic (exact) mass is 264 g/mol. The summed E-state index contributed by atoms with van der Waals surface area (Å²) in [6.45, 7) is 3.09.